The minimum atomic E-state index is -1.07. The highest BCUT2D eigenvalue weighted by Crippen LogP contribution is 2.48. The molecule has 0 spiro atoms. The molecule has 4 atom stereocenters. The molecule has 38 heavy (non-hydrogen) atoms. The van der Waals surface area contributed by atoms with Gasteiger partial charge < -0.3 is 18.9 Å². The van der Waals surface area contributed by atoms with Crippen molar-refractivity contribution >= 4 is 0 Å². The summed E-state index contributed by atoms with van der Waals surface area (Å²) in [5.74, 6) is -0.931. The van der Waals surface area contributed by atoms with Crippen LogP contribution in [-0.2, 0) is 24.5 Å². The number of nitrogens with one attached hydrogen (secondary N) is 1. The molecule has 6 rings (SSSR count). The minimum Gasteiger partial charge on any atom is -0.340 e. The highest BCUT2D eigenvalue weighted by Gasteiger charge is 2.59. The van der Waals surface area contributed by atoms with Gasteiger partial charge >= 0.3 is 5.69 Å². The molecule has 8 nitrogen and oxygen atoms in total. The Balaban J connectivity index is 1.50. The summed E-state index contributed by atoms with van der Waals surface area (Å²) in [4.78, 5) is 26.7. The summed E-state index contributed by atoms with van der Waals surface area (Å²) in [7, 11) is 0. The zero-order valence-electron chi connectivity index (χ0n) is 21.0. The first kappa shape index (κ1) is 24.5. The van der Waals surface area contributed by atoms with Crippen LogP contribution in [0, 0.1) is 0 Å². The average molecular weight is 513 g/mol. The number of fused-ring (bicyclic) bond motifs is 1. The molecule has 3 heterocycles. The summed E-state index contributed by atoms with van der Waals surface area (Å²) in [5, 5.41) is 0. The molecule has 2 aliphatic heterocycles. The van der Waals surface area contributed by atoms with Crippen LogP contribution in [0.15, 0.2) is 113 Å². The van der Waals surface area contributed by atoms with E-state index in [1.54, 1.807) is 0 Å². The number of rotatable bonds is 6. The van der Waals surface area contributed by atoms with Crippen molar-refractivity contribution in [1.29, 1.82) is 0 Å². The van der Waals surface area contributed by atoms with E-state index >= 15 is 0 Å². The Kier molecular flexibility index (Phi) is 6.12. The van der Waals surface area contributed by atoms with E-state index in [1.165, 1.54) is 16.8 Å². The normalized spacial score (nSPS) is 24.3. The van der Waals surface area contributed by atoms with Crippen molar-refractivity contribution in [2.75, 3.05) is 0 Å². The van der Waals surface area contributed by atoms with Gasteiger partial charge in [-0.05, 0) is 30.5 Å². The Morgan fingerprint density at radius 1 is 0.763 bits per heavy atom. The molecule has 0 unspecified atom stereocenters. The SMILES string of the molecule is CC1(C)O[C@@H]2[C@@H](OC(c3ccccc3)(c3ccccc3)c3ccccc3)O[C@@H](n3ccc(=O)[nH]c3=O)[C@@H]2O1. The van der Waals surface area contributed by atoms with E-state index in [0.29, 0.717) is 0 Å². The highest BCUT2D eigenvalue weighted by atomic mass is 16.8. The molecular weight excluding hydrogens is 484 g/mol. The standard InChI is InChI=1S/C30H28N2O6/c1-29(2)36-24-25(37-29)27(35-26(24)32-19-18-23(33)31-28(32)34)38-30(20-12-6-3-7-13-20,21-14-8-4-9-15-21)22-16-10-5-11-17-22/h3-19,24-27H,1-2H3,(H,31,33,34)/t24-,25+,26-,27-/m1/s1. The monoisotopic (exact) mass is 512 g/mol. The van der Waals surface area contributed by atoms with Gasteiger partial charge in [-0.3, -0.25) is 14.3 Å². The van der Waals surface area contributed by atoms with Crippen molar-refractivity contribution in [3.63, 3.8) is 0 Å². The summed E-state index contributed by atoms with van der Waals surface area (Å²) in [5.41, 5.74) is 0.547. The molecule has 1 aromatic heterocycles. The van der Waals surface area contributed by atoms with Gasteiger partial charge in [0.1, 0.15) is 17.8 Å². The van der Waals surface area contributed by atoms with E-state index < -0.39 is 47.4 Å². The summed E-state index contributed by atoms with van der Waals surface area (Å²) in [6, 6.07) is 31.1. The molecule has 8 heteroatoms. The quantitative estimate of drug-likeness (QED) is 0.394. The van der Waals surface area contributed by atoms with Gasteiger partial charge in [0.25, 0.3) is 5.56 Å². The lowest BCUT2D eigenvalue weighted by molar-refractivity contribution is -0.263. The highest BCUT2D eigenvalue weighted by molar-refractivity contribution is 5.47. The second-order valence-electron chi connectivity index (χ2n) is 9.87. The Bertz CT molecular complexity index is 1420. The van der Waals surface area contributed by atoms with Gasteiger partial charge in [-0.1, -0.05) is 91.0 Å². The predicted octanol–water partition coefficient (Wildman–Crippen LogP) is 3.92. The molecule has 0 aliphatic carbocycles. The summed E-state index contributed by atoms with van der Waals surface area (Å²) >= 11 is 0. The number of hydrogen-bond acceptors (Lipinski definition) is 6. The van der Waals surface area contributed by atoms with Crippen LogP contribution in [0.3, 0.4) is 0 Å². The molecule has 2 aliphatic rings. The van der Waals surface area contributed by atoms with Crippen LogP contribution in [0.25, 0.3) is 0 Å². The Morgan fingerprint density at radius 3 is 1.76 bits per heavy atom. The molecule has 0 bridgehead atoms. The molecule has 0 saturated carbocycles. The van der Waals surface area contributed by atoms with Crippen LogP contribution in [0.2, 0.25) is 0 Å². The Morgan fingerprint density at radius 2 is 1.26 bits per heavy atom. The smallest absolute Gasteiger partial charge is 0.330 e. The number of nitrogens with zero attached hydrogens (tertiary/aromatic N) is 1. The molecule has 1 N–H and O–H groups in total. The fraction of sp³-hybridized carbons (Fsp3) is 0.267. The van der Waals surface area contributed by atoms with E-state index in [9.17, 15) is 9.59 Å². The largest absolute Gasteiger partial charge is 0.340 e. The van der Waals surface area contributed by atoms with Crippen molar-refractivity contribution in [1.82, 2.24) is 9.55 Å². The van der Waals surface area contributed by atoms with Gasteiger partial charge in [-0.2, -0.15) is 0 Å². The van der Waals surface area contributed by atoms with Crippen LogP contribution in [0.5, 0.6) is 0 Å². The molecule has 2 saturated heterocycles. The molecular formula is C30H28N2O6. The molecule has 3 aromatic carbocycles. The molecule has 4 aromatic rings. The Labute approximate surface area is 219 Å². The van der Waals surface area contributed by atoms with Crippen LogP contribution < -0.4 is 11.2 Å². The maximum Gasteiger partial charge on any atom is 0.330 e. The van der Waals surface area contributed by atoms with E-state index in [0.717, 1.165) is 16.7 Å². The number of benzene rings is 3. The lowest BCUT2D eigenvalue weighted by atomic mass is 9.80. The number of ether oxygens (including phenoxy) is 4. The summed E-state index contributed by atoms with van der Waals surface area (Å²) < 4.78 is 27.3. The maximum absolute atomic E-state index is 12.7. The molecule has 0 amide bonds. The van der Waals surface area contributed by atoms with Crippen LogP contribution in [0.4, 0.5) is 0 Å². The van der Waals surface area contributed by atoms with E-state index in [4.69, 9.17) is 18.9 Å². The maximum atomic E-state index is 12.7. The minimum absolute atomic E-state index is 0.492. The van der Waals surface area contributed by atoms with Gasteiger partial charge in [-0.25, -0.2) is 4.79 Å². The van der Waals surface area contributed by atoms with Gasteiger partial charge in [0.15, 0.2) is 18.3 Å². The van der Waals surface area contributed by atoms with E-state index in [2.05, 4.69) is 4.98 Å². The number of hydrogen-bond donors (Lipinski definition) is 1. The number of aromatic amines is 1. The molecule has 2 fully saturated rings. The molecule has 194 valence electrons. The molecule has 0 radical (unpaired) electrons. The van der Waals surface area contributed by atoms with Crippen LogP contribution >= 0.6 is 0 Å². The lowest BCUT2D eigenvalue weighted by Crippen LogP contribution is -2.42. The third-order valence-corrected chi connectivity index (χ3v) is 6.95. The fourth-order valence-corrected chi connectivity index (χ4v) is 5.38. The van der Waals surface area contributed by atoms with Gasteiger partial charge in [0, 0.05) is 12.3 Å². The number of H-pyrrole nitrogens is 1. The first-order valence-corrected chi connectivity index (χ1v) is 12.5. The van der Waals surface area contributed by atoms with Crippen molar-refractivity contribution in [3.05, 3.63) is 141 Å². The predicted molar refractivity (Wildman–Crippen MR) is 139 cm³/mol. The second kappa shape index (κ2) is 9.49. The average Bonchev–Trinajstić information content (AvgIpc) is 3.41. The van der Waals surface area contributed by atoms with E-state index in [1.807, 2.05) is 105 Å². The second-order valence-corrected chi connectivity index (χ2v) is 9.87. The topological polar surface area (TPSA) is 91.8 Å². The third-order valence-electron chi connectivity index (χ3n) is 6.95. The first-order valence-electron chi connectivity index (χ1n) is 12.5. The fourth-order valence-electron chi connectivity index (χ4n) is 5.38. The van der Waals surface area contributed by atoms with Crippen molar-refractivity contribution < 1.29 is 18.9 Å². The van der Waals surface area contributed by atoms with Crippen molar-refractivity contribution in [2.24, 2.45) is 0 Å². The summed E-state index contributed by atoms with van der Waals surface area (Å²) in [6.07, 6.45) is -1.70. The van der Waals surface area contributed by atoms with Crippen molar-refractivity contribution in [2.45, 2.75) is 50.0 Å². The summed E-state index contributed by atoms with van der Waals surface area (Å²) in [6.45, 7) is 3.63. The Hall–Kier alpha value is -3.82. The first-order chi connectivity index (χ1) is 18.4. The van der Waals surface area contributed by atoms with Gasteiger partial charge in [0.05, 0.1) is 0 Å². The van der Waals surface area contributed by atoms with Crippen LogP contribution in [-0.4, -0.2) is 33.8 Å². The lowest BCUT2D eigenvalue weighted by Gasteiger charge is -2.38. The van der Waals surface area contributed by atoms with E-state index in [-0.39, 0.29) is 0 Å². The third kappa shape index (κ3) is 4.21. The zero-order valence-corrected chi connectivity index (χ0v) is 21.0. The van der Waals surface area contributed by atoms with Crippen molar-refractivity contribution in [3.8, 4) is 0 Å². The number of aromatic nitrogens is 2. The van der Waals surface area contributed by atoms with Gasteiger partial charge in [-0.15, -0.1) is 0 Å². The van der Waals surface area contributed by atoms with Gasteiger partial charge in [0.2, 0.25) is 0 Å². The van der Waals surface area contributed by atoms with Crippen LogP contribution in [0.1, 0.15) is 36.8 Å². The zero-order chi connectivity index (χ0) is 26.3.